The molecule has 0 aliphatic carbocycles. The Morgan fingerprint density at radius 2 is 1.21 bits per heavy atom. The number of benzene rings is 3. The summed E-state index contributed by atoms with van der Waals surface area (Å²) in [4.78, 5) is 38.1. The molecule has 0 spiro atoms. The van der Waals surface area contributed by atoms with Gasteiger partial charge in [0.1, 0.15) is 6.10 Å². The molecule has 3 aromatic carbocycles. The van der Waals surface area contributed by atoms with Gasteiger partial charge in [-0.15, -0.1) is 0 Å². The van der Waals surface area contributed by atoms with E-state index in [0.717, 1.165) is 5.56 Å². The fraction of sp³-hybridized carbons (Fsp3) is 0.276. The molecule has 1 aliphatic heterocycles. The van der Waals surface area contributed by atoms with E-state index in [1.807, 2.05) is 30.3 Å². The Kier molecular flexibility index (Phi) is 9.21. The van der Waals surface area contributed by atoms with Crippen LogP contribution in [0.1, 0.15) is 33.2 Å². The zero-order valence-corrected chi connectivity index (χ0v) is 20.7. The maximum Gasteiger partial charge on any atom is 0.338 e. The van der Waals surface area contributed by atoms with Crippen LogP contribution in [0.15, 0.2) is 91.0 Å². The van der Waals surface area contributed by atoms with Gasteiger partial charge < -0.3 is 28.8 Å². The topological polar surface area (TPSA) is 118 Å². The lowest BCUT2D eigenvalue weighted by Gasteiger charge is -2.44. The van der Waals surface area contributed by atoms with Crippen molar-refractivity contribution >= 4 is 17.9 Å². The van der Waals surface area contributed by atoms with E-state index in [-0.39, 0.29) is 17.7 Å². The Morgan fingerprint density at radius 1 is 0.711 bits per heavy atom. The number of hydrogen-bond acceptors (Lipinski definition) is 9. The molecule has 1 aliphatic rings. The number of carbonyl (C=O) groups excluding carboxylic acids is 3. The molecule has 1 fully saturated rings. The van der Waals surface area contributed by atoms with Crippen LogP contribution in [0, 0.1) is 0 Å². The Hall–Kier alpha value is -4.05. The highest BCUT2D eigenvalue weighted by atomic mass is 16.7. The van der Waals surface area contributed by atoms with Crippen LogP contribution in [0.2, 0.25) is 0 Å². The van der Waals surface area contributed by atoms with Gasteiger partial charge in [-0.05, 0) is 29.8 Å². The van der Waals surface area contributed by atoms with Gasteiger partial charge in [0, 0.05) is 6.92 Å². The van der Waals surface area contributed by atoms with Crippen LogP contribution >= 0.6 is 0 Å². The third-order valence-electron chi connectivity index (χ3n) is 5.84. The maximum absolute atomic E-state index is 13.1. The van der Waals surface area contributed by atoms with Gasteiger partial charge in [0.2, 0.25) is 0 Å². The molecule has 1 heterocycles. The molecule has 198 valence electrons. The molecule has 0 unspecified atom stereocenters. The lowest BCUT2D eigenvalue weighted by atomic mass is 9.97. The first-order chi connectivity index (χ1) is 18.5. The summed E-state index contributed by atoms with van der Waals surface area (Å²) in [5.41, 5.74) is 1.29. The lowest BCUT2D eigenvalue weighted by molar-refractivity contribution is -0.305. The summed E-state index contributed by atoms with van der Waals surface area (Å²) in [5, 5.41) is 10.2. The van der Waals surface area contributed by atoms with Crippen LogP contribution in [-0.4, -0.2) is 60.3 Å². The monoisotopic (exact) mass is 520 g/mol. The van der Waals surface area contributed by atoms with Crippen LogP contribution < -0.4 is 0 Å². The molecule has 0 radical (unpaired) electrons. The van der Waals surface area contributed by atoms with Crippen molar-refractivity contribution in [3.8, 4) is 0 Å². The summed E-state index contributed by atoms with van der Waals surface area (Å²) < 4.78 is 28.9. The molecule has 4 rings (SSSR count). The molecule has 0 amide bonds. The van der Waals surface area contributed by atoms with Crippen molar-refractivity contribution in [2.75, 3.05) is 6.61 Å². The van der Waals surface area contributed by atoms with E-state index in [9.17, 15) is 19.5 Å². The second-order valence-corrected chi connectivity index (χ2v) is 8.57. The summed E-state index contributed by atoms with van der Waals surface area (Å²) in [6.07, 6.45) is -6.37. The average molecular weight is 521 g/mol. The Morgan fingerprint density at radius 3 is 1.71 bits per heavy atom. The smallest absolute Gasteiger partial charge is 0.338 e. The SMILES string of the molecule is CC(=O)O[C@H]1[C@H](OCc2ccccc2)O[C@H](CO)[C@H](OC(=O)c2ccccc2)[C@@H]1OC(=O)c1ccccc1. The van der Waals surface area contributed by atoms with Gasteiger partial charge in [-0.1, -0.05) is 66.7 Å². The average Bonchev–Trinajstić information content (AvgIpc) is 2.95. The number of esters is 3. The molecular weight excluding hydrogens is 492 g/mol. The van der Waals surface area contributed by atoms with Gasteiger partial charge in [-0.2, -0.15) is 0 Å². The third-order valence-corrected chi connectivity index (χ3v) is 5.84. The van der Waals surface area contributed by atoms with Crippen LogP contribution in [0.3, 0.4) is 0 Å². The predicted molar refractivity (Wildman–Crippen MR) is 134 cm³/mol. The highest BCUT2D eigenvalue weighted by molar-refractivity contribution is 5.90. The van der Waals surface area contributed by atoms with Crippen LogP contribution in [-0.2, 0) is 35.1 Å². The number of aliphatic hydroxyl groups is 1. The minimum Gasteiger partial charge on any atom is -0.453 e. The molecule has 9 heteroatoms. The van der Waals surface area contributed by atoms with E-state index >= 15 is 0 Å². The van der Waals surface area contributed by atoms with Gasteiger partial charge in [0.25, 0.3) is 0 Å². The van der Waals surface area contributed by atoms with Gasteiger partial charge in [-0.25, -0.2) is 9.59 Å². The molecule has 5 atom stereocenters. The van der Waals surface area contributed by atoms with Gasteiger partial charge in [-0.3, -0.25) is 4.79 Å². The second kappa shape index (κ2) is 13.0. The zero-order chi connectivity index (χ0) is 26.9. The standard InChI is InChI=1S/C29H28O9/c1-19(31)35-26-25(38-28(33)22-15-9-4-10-16-22)24(37-27(32)21-13-7-3-8-14-21)23(17-30)36-29(26)34-18-20-11-5-2-6-12-20/h2-16,23-26,29-30H,17-18H2,1H3/t23-,24+,25+,26-,29-/m1/s1. The molecule has 0 aromatic heterocycles. The number of aliphatic hydroxyl groups excluding tert-OH is 1. The van der Waals surface area contributed by atoms with Crippen molar-refractivity contribution in [1.29, 1.82) is 0 Å². The molecule has 9 nitrogen and oxygen atoms in total. The molecular formula is C29H28O9. The molecule has 1 saturated heterocycles. The third kappa shape index (κ3) is 6.83. The van der Waals surface area contributed by atoms with E-state index < -0.39 is 55.2 Å². The first-order valence-electron chi connectivity index (χ1n) is 12.1. The molecule has 38 heavy (non-hydrogen) atoms. The Labute approximate surface area is 219 Å². The summed E-state index contributed by atoms with van der Waals surface area (Å²) in [6, 6.07) is 25.6. The minimum atomic E-state index is -1.36. The highest BCUT2D eigenvalue weighted by Gasteiger charge is 2.52. The highest BCUT2D eigenvalue weighted by Crippen LogP contribution is 2.31. The lowest BCUT2D eigenvalue weighted by Crippen LogP contribution is -2.62. The summed E-state index contributed by atoms with van der Waals surface area (Å²) in [5.74, 6) is -2.17. The van der Waals surface area contributed by atoms with Gasteiger partial charge >= 0.3 is 17.9 Å². The summed E-state index contributed by atoms with van der Waals surface area (Å²) in [7, 11) is 0. The van der Waals surface area contributed by atoms with Crippen molar-refractivity contribution in [2.24, 2.45) is 0 Å². The fourth-order valence-electron chi connectivity index (χ4n) is 4.04. The molecule has 3 aromatic rings. The van der Waals surface area contributed by atoms with Gasteiger partial charge in [0.15, 0.2) is 24.6 Å². The molecule has 0 saturated carbocycles. The number of hydrogen-bond donors (Lipinski definition) is 1. The van der Waals surface area contributed by atoms with Crippen LogP contribution in [0.4, 0.5) is 0 Å². The number of ether oxygens (including phenoxy) is 5. The van der Waals surface area contributed by atoms with Crippen molar-refractivity contribution < 1.29 is 43.2 Å². The van der Waals surface area contributed by atoms with Gasteiger partial charge in [0.05, 0.1) is 24.3 Å². The van der Waals surface area contributed by atoms with E-state index in [4.69, 9.17) is 23.7 Å². The minimum absolute atomic E-state index is 0.0786. The van der Waals surface area contributed by atoms with Crippen LogP contribution in [0.5, 0.6) is 0 Å². The first kappa shape index (κ1) is 27.0. The van der Waals surface area contributed by atoms with E-state index in [2.05, 4.69) is 0 Å². The van der Waals surface area contributed by atoms with Crippen LogP contribution in [0.25, 0.3) is 0 Å². The van der Waals surface area contributed by atoms with E-state index in [1.54, 1.807) is 60.7 Å². The predicted octanol–water partition coefficient (Wildman–Crippen LogP) is 3.30. The second-order valence-electron chi connectivity index (χ2n) is 8.57. The molecule has 1 N–H and O–H groups in total. The van der Waals surface area contributed by atoms with E-state index in [0.29, 0.717) is 0 Å². The van der Waals surface area contributed by atoms with Crippen molar-refractivity contribution in [3.05, 3.63) is 108 Å². The molecule has 0 bridgehead atoms. The van der Waals surface area contributed by atoms with Crippen molar-refractivity contribution in [3.63, 3.8) is 0 Å². The zero-order valence-electron chi connectivity index (χ0n) is 20.7. The first-order valence-corrected chi connectivity index (χ1v) is 12.1. The fourth-order valence-corrected chi connectivity index (χ4v) is 4.04. The van der Waals surface area contributed by atoms with Crippen molar-refractivity contribution in [1.82, 2.24) is 0 Å². The number of rotatable bonds is 9. The Bertz CT molecular complexity index is 1200. The summed E-state index contributed by atoms with van der Waals surface area (Å²) >= 11 is 0. The van der Waals surface area contributed by atoms with E-state index in [1.165, 1.54) is 6.92 Å². The Balaban J connectivity index is 1.66. The normalized spacial score (nSPS) is 22.7. The number of carbonyl (C=O) groups is 3. The summed E-state index contributed by atoms with van der Waals surface area (Å²) in [6.45, 7) is 0.673. The maximum atomic E-state index is 13.1. The quantitative estimate of drug-likeness (QED) is 0.335. The largest absolute Gasteiger partial charge is 0.453 e. The van der Waals surface area contributed by atoms with Crippen molar-refractivity contribution in [2.45, 2.75) is 44.2 Å².